The number of imide groups is 1. The Kier molecular flexibility index (Phi) is 4.23. The van der Waals surface area contributed by atoms with Gasteiger partial charge in [-0.15, -0.1) is 5.10 Å². The largest absolute Gasteiger partial charge is 0.403 e. The van der Waals surface area contributed by atoms with E-state index in [-0.39, 0.29) is 23.0 Å². The molecule has 0 fully saturated rings. The number of benzene rings is 2. The predicted molar refractivity (Wildman–Crippen MR) is 99.6 cm³/mol. The summed E-state index contributed by atoms with van der Waals surface area (Å²) in [6.45, 7) is 3.43. The average Bonchev–Trinajstić information content (AvgIpc) is 3.23. The Bertz CT molecular complexity index is 1080. The van der Waals surface area contributed by atoms with Crippen LogP contribution in [0.2, 0.25) is 0 Å². The number of hydrogen-bond donors (Lipinski definition) is 1. The van der Waals surface area contributed by atoms with Gasteiger partial charge >= 0.3 is 6.01 Å². The van der Waals surface area contributed by atoms with E-state index < -0.39 is 24.3 Å². The van der Waals surface area contributed by atoms with Gasteiger partial charge in [-0.1, -0.05) is 34.9 Å². The van der Waals surface area contributed by atoms with Crippen LogP contribution in [-0.2, 0) is 4.79 Å². The molecule has 1 aliphatic heterocycles. The van der Waals surface area contributed by atoms with Gasteiger partial charge in [-0.2, -0.15) is 0 Å². The lowest BCUT2D eigenvalue weighted by Crippen LogP contribution is -2.37. The maximum atomic E-state index is 12.3. The van der Waals surface area contributed by atoms with Crippen LogP contribution >= 0.6 is 0 Å². The van der Waals surface area contributed by atoms with E-state index in [1.54, 1.807) is 24.3 Å². The molecule has 0 bridgehead atoms. The Morgan fingerprint density at radius 3 is 2.36 bits per heavy atom. The third-order valence-electron chi connectivity index (χ3n) is 4.47. The standard InChI is InChI=1S/C20H16N4O4/c1-11-7-8-12(2)15(9-11)17-22-23-20(28-17)21-16(25)10-24-18(26)13-5-3-4-6-14(13)19(24)27/h3-9H,10H2,1-2H3,(H,21,23,25). The molecule has 1 N–H and O–H groups in total. The second-order valence-electron chi connectivity index (χ2n) is 6.52. The average molecular weight is 376 g/mol. The third-order valence-corrected chi connectivity index (χ3v) is 4.47. The van der Waals surface area contributed by atoms with Crippen molar-refractivity contribution in [1.82, 2.24) is 15.1 Å². The number of fused-ring (bicyclic) bond motifs is 1. The molecule has 1 aliphatic rings. The molecule has 0 aliphatic carbocycles. The Morgan fingerprint density at radius 2 is 1.68 bits per heavy atom. The molecule has 0 atom stereocenters. The molecule has 3 amide bonds. The van der Waals surface area contributed by atoms with E-state index in [0.717, 1.165) is 21.6 Å². The topological polar surface area (TPSA) is 105 Å². The molecule has 0 unspecified atom stereocenters. The molecule has 0 saturated carbocycles. The SMILES string of the molecule is Cc1ccc(C)c(-c2nnc(NC(=O)CN3C(=O)c4ccccc4C3=O)o2)c1. The van der Waals surface area contributed by atoms with Crippen LogP contribution in [0.4, 0.5) is 6.01 Å². The Hall–Kier alpha value is -3.81. The first-order valence-corrected chi connectivity index (χ1v) is 8.60. The quantitative estimate of drug-likeness (QED) is 0.702. The van der Waals surface area contributed by atoms with Gasteiger partial charge in [-0.3, -0.25) is 24.6 Å². The van der Waals surface area contributed by atoms with E-state index in [0.29, 0.717) is 0 Å². The van der Waals surface area contributed by atoms with Gasteiger partial charge in [0.1, 0.15) is 6.54 Å². The predicted octanol–water partition coefficient (Wildman–Crippen LogP) is 2.59. The van der Waals surface area contributed by atoms with Crippen molar-refractivity contribution in [1.29, 1.82) is 0 Å². The molecule has 1 aromatic heterocycles. The molecule has 28 heavy (non-hydrogen) atoms. The zero-order valence-corrected chi connectivity index (χ0v) is 15.2. The summed E-state index contributed by atoms with van der Waals surface area (Å²) >= 11 is 0. The minimum Gasteiger partial charge on any atom is -0.403 e. The van der Waals surface area contributed by atoms with E-state index in [9.17, 15) is 14.4 Å². The van der Waals surface area contributed by atoms with Crippen molar-refractivity contribution >= 4 is 23.7 Å². The number of carbonyl (C=O) groups is 3. The molecule has 2 heterocycles. The van der Waals surface area contributed by atoms with E-state index in [2.05, 4.69) is 15.5 Å². The van der Waals surface area contributed by atoms with Gasteiger partial charge in [0.05, 0.1) is 11.1 Å². The summed E-state index contributed by atoms with van der Waals surface area (Å²) in [5, 5.41) is 10.2. The van der Waals surface area contributed by atoms with Gasteiger partial charge in [0.25, 0.3) is 11.8 Å². The lowest BCUT2D eigenvalue weighted by Gasteiger charge is -2.12. The minimum absolute atomic E-state index is 0.0995. The van der Waals surface area contributed by atoms with Crippen LogP contribution in [0.25, 0.3) is 11.5 Å². The highest BCUT2D eigenvalue weighted by atomic mass is 16.4. The van der Waals surface area contributed by atoms with Crippen LogP contribution in [-0.4, -0.2) is 39.4 Å². The normalized spacial score (nSPS) is 13.0. The number of aryl methyl sites for hydroxylation is 2. The third kappa shape index (κ3) is 3.05. The van der Waals surface area contributed by atoms with E-state index in [1.165, 1.54) is 0 Å². The Morgan fingerprint density at radius 1 is 1.00 bits per heavy atom. The summed E-state index contributed by atoms with van der Waals surface area (Å²) < 4.78 is 5.51. The summed E-state index contributed by atoms with van der Waals surface area (Å²) in [5.41, 5.74) is 3.34. The maximum absolute atomic E-state index is 12.3. The molecule has 140 valence electrons. The maximum Gasteiger partial charge on any atom is 0.322 e. The highest BCUT2D eigenvalue weighted by Crippen LogP contribution is 2.25. The molecule has 2 aromatic carbocycles. The Balaban J connectivity index is 1.47. The van der Waals surface area contributed by atoms with Crippen molar-refractivity contribution in [3.05, 3.63) is 64.7 Å². The first-order valence-electron chi connectivity index (χ1n) is 8.60. The molecular formula is C20H16N4O4. The highest BCUT2D eigenvalue weighted by molar-refractivity contribution is 6.22. The number of anilines is 1. The van der Waals surface area contributed by atoms with Gasteiger partial charge < -0.3 is 4.42 Å². The molecule has 0 radical (unpaired) electrons. The number of rotatable bonds is 4. The smallest absolute Gasteiger partial charge is 0.322 e. The van der Waals surface area contributed by atoms with Crippen molar-refractivity contribution < 1.29 is 18.8 Å². The van der Waals surface area contributed by atoms with Crippen LogP contribution in [0, 0.1) is 13.8 Å². The van der Waals surface area contributed by atoms with Crippen molar-refractivity contribution in [3.63, 3.8) is 0 Å². The summed E-state index contributed by atoms with van der Waals surface area (Å²) in [4.78, 5) is 37.8. The van der Waals surface area contributed by atoms with E-state index in [4.69, 9.17) is 4.42 Å². The van der Waals surface area contributed by atoms with Crippen LogP contribution in [0.3, 0.4) is 0 Å². The number of nitrogens with one attached hydrogen (secondary N) is 1. The number of carbonyl (C=O) groups excluding carboxylic acids is 3. The summed E-state index contributed by atoms with van der Waals surface area (Å²) in [7, 11) is 0. The molecule has 8 heteroatoms. The second-order valence-corrected chi connectivity index (χ2v) is 6.52. The molecule has 4 rings (SSSR count). The fourth-order valence-electron chi connectivity index (χ4n) is 3.03. The zero-order chi connectivity index (χ0) is 19.8. The summed E-state index contributed by atoms with van der Waals surface area (Å²) in [6.07, 6.45) is 0. The monoisotopic (exact) mass is 376 g/mol. The van der Waals surface area contributed by atoms with Crippen molar-refractivity contribution in [2.24, 2.45) is 0 Å². The van der Waals surface area contributed by atoms with Crippen molar-refractivity contribution in [2.75, 3.05) is 11.9 Å². The van der Waals surface area contributed by atoms with Crippen LogP contribution in [0.15, 0.2) is 46.9 Å². The zero-order valence-electron chi connectivity index (χ0n) is 15.2. The molecule has 3 aromatic rings. The summed E-state index contributed by atoms with van der Waals surface area (Å²) in [6, 6.07) is 12.2. The van der Waals surface area contributed by atoms with Crippen molar-refractivity contribution in [2.45, 2.75) is 13.8 Å². The van der Waals surface area contributed by atoms with Crippen LogP contribution in [0.1, 0.15) is 31.8 Å². The van der Waals surface area contributed by atoms with Gasteiger partial charge in [0.2, 0.25) is 11.8 Å². The van der Waals surface area contributed by atoms with Crippen molar-refractivity contribution in [3.8, 4) is 11.5 Å². The molecule has 8 nitrogen and oxygen atoms in total. The first kappa shape index (κ1) is 17.6. The molecule has 0 saturated heterocycles. The van der Waals surface area contributed by atoms with Gasteiger partial charge in [-0.25, -0.2) is 0 Å². The van der Waals surface area contributed by atoms with Gasteiger partial charge in [-0.05, 0) is 37.6 Å². The number of nitrogens with zero attached hydrogens (tertiary/aromatic N) is 3. The van der Waals surface area contributed by atoms with E-state index in [1.807, 2.05) is 32.0 Å². The second kappa shape index (κ2) is 6.73. The summed E-state index contributed by atoms with van der Waals surface area (Å²) in [5.74, 6) is -1.34. The number of amides is 3. The van der Waals surface area contributed by atoms with Crippen LogP contribution in [0.5, 0.6) is 0 Å². The van der Waals surface area contributed by atoms with E-state index >= 15 is 0 Å². The van der Waals surface area contributed by atoms with Gasteiger partial charge in [0, 0.05) is 5.56 Å². The molecule has 0 spiro atoms. The Labute approximate surface area is 160 Å². The highest BCUT2D eigenvalue weighted by Gasteiger charge is 2.36. The number of hydrogen-bond acceptors (Lipinski definition) is 6. The molecular weight excluding hydrogens is 360 g/mol. The van der Waals surface area contributed by atoms with Crippen LogP contribution < -0.4 is 5.32 Å². The van der Waals surface area contributed by atoms with Gasteiger partial charge in [0.15, 0.2) is 0 Å². The fraction of sp³-hybridized carbons (Fsp3) is 0.150. The number of aromatic nitrogens is 2. The minimum atomic E-state index is -0.606. The fourth-order valence-corrected chi connectivity index (χ4v) is 3.03. The first-order chi connectivity index (χ1) is 13.4. The lowest BCUT2D eigenvalue weighted by atomic mass is 10.1. The lowest BCUT2D eigenvalue weighted by molar-refractivity contribution is -0.116.